The number of amides is 1. The molecule has 12 aromatic rings. The Morgan fingerprint density at radius 1 is 0.413 bits per heavy atom. The molecule has 0 N–H and O–H groups in total. The number of carbonyl (C=O) groups is 4. The predicted octanol–water partition coefficient (Wildman–Crippen LogP) is 21.0. The van der Waals surface area contributed by atoms with Crippen LogP contribution in [0.15, 0.2) is 117 Å². The lowest BCUT2D eigenvalue weighted by atomic mass is 9.99. The monoisotopic (exact) mass is 1810 g/mol. The second kappa shape index (κ2) is 39.0. The summed E-state index contributed by atoms with van der Waals surface area (Å²) in [5, 5.41) is 40.3. The molecule has 4 aromatic carbocycles. The number of benzene rings is 4. The Labute approximate surface area is 759 Å². The Balaban J connectivity index is 0.000000137. The number of halogens is 4. The number of rotatable bonds is 19. The van der Waals surface area contributed by atoms with Gasteiger partial charge in [0.2, 0.25) is 32.1 Å². The van der Waals surface area contributed by atoms with E-state index in [-0.39, 0.29) is 68.3 Å². The first-order chi connectivity index (χ1) is 60.6. The van der Waals surface area contributed by atoms with Crippen molar-refractivity contribution in [2.45, 2.75) is 190 Å². The number of hydrogen-bond acceptors (Lipinski definition) is 20. The fourth-order valence-corrected chi connectivity index (χ4v) is 21.4. The molecule has 13 heterocycles. The normalized spacial score (nSPS) is 15.8. The zero-order valence-corrected chi connectivity index (χ0v) is 76.4. The number of piperidine rings is 1. The number of nitrogens with zero attached hydrogens (tertiary/aromatic N) is 22. The van der Waals surface area contributed by atoms with Crippen LogP contribution < -0.4 is 0 Å². The third kappa shape index (κ3) is 18.7. The van der Waals surface area contributed by atoms with Crippen molar-refractivity contribution in [1.29, 1.82) is 0 Å². The molecule has 26 nitrogen and oxygen atoms in total. The fraction of sp³-hybridized carbons (Fsp3) is 0.337. The number of aromatic nitrogens is 12. The highest BCUT2D eigenvalue weighted by atomic mass is 35.5. The lowest BCUT2D eigenvalue weighted by Crippen LogP contribution is -2.36. The van der Waals surface area contributed by atoms with Crippen LogP contribution in [0, 0.1) is 88.3 Å². The van der Waals surface area contributed by atoms with E-state index in [1.165, 1.54) is 24.7 Å². The van der Waals surface area contributed by atoms with E-state index in [1.807, 2.05) is 151 Å². The molecule has 17 rings (SSSR count). The summed E-state index contributed by atoms with van der Waals surface area (Å²) in [7, 11) is 0. The molecule has 5 atom stereocenters. The van der Waals surface area contributed by atoms with E-state index in [0.29, 0.717) is 69.5 Å². The van der Waals surface area contributed by atoms with Gasteiger partial charge in [0.25, 0.3) is 0 Å². The lowest BCUT2D eigenvalue weighted by Gasteiger charge is -2.27. The number of thiophene rings is 4. The van der Waals surface area contributed by atoms with Gasteiger partial charge in [0.1, 0.15) is 84.8 Å². The smallest absolute Gasteiger partial charge is 0.249 e. The van der Waals surface area contributed by atoms with Gasteiger partial charge in [0.05, 0.1) is 61.5 Å². The van der Waals surface area contributed by atoms with Crippen LogP contribution in [-0.4, -0.2) is 129 Å². The highest BCUT2D eigenvalue weighted by Crippen LogP contribution is 2.46. The van der Waals surface area contributed by atoms with Gasteiger partial charge in [-0.15, -0.1) is 86.1 Å². The summed E-state index contributed by atoms with van der Waals surface area (Å²) in [4.78, 5) is 93.9. The summed E-state index contributed by atoms with van der Waals surface area (Å²) >= 11 is 24.6. The molecule has 5 aliphatic rings. The Hall–Kier alpha value is -12.4. The van der Waals surface area contributed by atoms with E-state index < -0.39 is 30.3 Å². The second-order valence-corrected chi connectivity index (χ2v) is 36.7. The van der Waals surface area contributed by atoms with Crippen LogP contribution in [0.5, 0.6) is 0 Å². The van der Waals surface area contributed by atoms with Crippen molar-refractivity contribution in [3.8, 4) is 20.0 Å². The molecule has 0 saturated carbocycles. The van der Waals surface area contributed by atoms with Crippen molar-refractivity contribution < 1.29 is 23.6 Å². The molecule has 1 unspecified atom stereocenters. The number of Topliss-reactive ketones (excluding diaryl/α,β-unsaturated/α-hetero) is 3. The maximum absolute atomic E-state index is 13.3. The van der Waals surface area contributed by atoms with Crippen LogP contribution in [0.1, 0.15) is 236 Å². The van der Waals surface area contributed by atoms with Gasteiger partial charge in [-0.25, -0.2) is 35.5 Å². The van der Waals surface area contributed by atoms with Gasteiger partial charge in [-0.05, 0) is 166 Å². The van der Waals surface area contributed by atoms with Gasteiger partial charge < -0.3 is 24.3 Å². The number of aliphatic imine (C=N–C) groups is 4. The van der Waals surface area contributed by atoms with Gasteiger partial charge in [0, 0.05) is 92.8 Å². The quantitative estimate of drug-likeness (QED) is 0.0684. The topological polar surface area (TPSA) is 266 Å². The number of alkyl halides is 1. The number of aryl methyl sites for hydroxylation is 4. The van der Waals surface area contributed by atoms with Crippen LogP contribution in [-0.2, 0) is 45.4 Å². The molecule has 638 valence electrons. The zero-order valence-electron chi connectivity index (χ0n) is 70.8. The van der Waals surface area contributed by atoms with Crippen molar-refractivity contribution in [3.63, 3.8) is 0 Å². The predicted molar refractivity (Wildman–Crippen MR) is 492 cm³/mol. The zero-order chi connectivity index (χ0) is 89.6. The van der Waals surface area contributed by atoms with Crippen LogP contribution in [0.25, 0.3) is 44.2 Å². The highest BCUT2D eigenvalue weighted by Gasteiger charge is 2.40. The Morgan fingerprint density at radius 2 is 0.690 bits per heavy atom. The Kier molecular flexibility index (Phi) is 27.9. The number of fused-ring (bicyclic) bond motifs is 12. The first-order valence-electron chi connectivity index (χ1n) is 40.6. The third-order valence-corrected chi connectivity index (χ3v) is 28.0. The summed E-state index contributed by atoms with van der Waals surface area (Å²) in [6, 6.07) is 28.0. The van der Waals surface area contributed by atoms with E-state index in [4.69, 9.17) is 87.6 Å². The molecule has 1 fully saturated rings. The van der Waals surface area contributed by atoms with Crippen molar-refractivity contribution in [2.24, 2.45) is 20.0 Å². The molecule has 0 aliphatic carbocycles. The van der Waals surface area contributed by atoms with Gasteiger partial charge >= 0.3 is 0 Å². The van der Waals surface area contributed by atoms with Crippen molar-refractivity contribution in [1.82, 2.24) is 64.0 Å². The molecule has 0 radical (unpaired) electrons. The van der Waals surface area contributed by atoms with Crippen molar-refractivity contribution in [2.75, 3.05) is 13.1 Å². The maximum Gasteiger partial charge on any atom is 0.249 e. The van der Waals surface area contributed by atoms with Crippen LogP contribution in [0.3, 0.4) is 0 Å². The van der Waals surface area contributed by atoms with E-state index in [2.05, 4.69) is 65.0 Å². The molecule has 1 saturated heterocycles. The summed E-state index contributed by atoms with van der Waals surface area (Å²) in [5.41, 5.74) is 15.0. The molecule has 0 bridgehead atoms. The molecule has 5 aliphatic heterocycles. The average Bonchev–Trinajstić information content (AvgIpc) is 1.61. The molecule has 1 amide bonds. The number of carbonyl (C=O) groups excluding carboxylic acids is 4. The minimum Gasteiger partial charge on any atom is -0.343 e. The fourth-order valence-electron chi connectivity index (χ4n) is 15.9. The number of ketones is 3. The van der Waals surface area contributed by atoms with Crippen LogP contribution in [0.4, 0.5) is 10.1 Å². The van der Waals surface area contributed by atoms with Crippen molar-refractivity contribution >= 4 is 132 Å². The van der Waals surface area contributed by atoms with E-state index in [0.717, 1.165) is 173 Å². The molecule has 126 heavy (non-hydrogen) atoms. The number of hydrogen-bond donors (Lipinski definition) is 0. The Bertz CT molecular complexity index is 6610. The Morgan fingerprint density at radius 3 is 0.960 bits per heavy atom. The van der Waals surface area contributed by atoms with Gasteiger partial charge in [0.15, 0.2) is 29.0 Å². The van der Waals surface area contributed by atoms with Crippen LogP contribution >= 0.6 is 80.1 Å². The molecular weight excluding hydrogens is 1730 g/mol. The molecular formula is C92H84Cl3FN22O4S4. The summed E-state index contributed by atoms with van der Waals surface area (Å²) in [5.74, 6) is 5.52. The van der Waals surface area contributed by atoms with Gasteiger partial charge in [-0.2, -0.15) is 0 Å². The standard InChI is InChI=1S/C25H25ClN6OS.C24H23ClFN5OS.C22H18N6OS.C21H18ClN5OS/c1-15-20(14-27-3)34-25-22(15)23(17-7-9-18(26)10-8-17)28-19(24-30-29-16(2)32(24)25)13-21(33)31-11-5-4-6-12-31;1-13(26)5-10-18(32)11-19-23-30-29-15(3)31(23)24-21(14(2)20(33-24)12-27-4)22(28-19)16-6-8-17(25)9-7-16;1-12(29)10-17-21-27-26-14(3)28(21)22-19(13(2)18(30-22)11-23-4)20(25-17)15-6-8-16(24-5)9-7-15;1-11(28)9-16-20-26-25-13(3)27(20)21-18(12(2)17(29-21)10-23-4)19(24-16)14-5-7-15(22)8-6-14/h7-10,19H,4-6,11-14H2,1-2H3;6-9,13,19H,5,10-12H2,1-3H3;6-9,17H,10-11H2,1-3H3;5-8,16H,9-10H2,1-3H3/t19-;13?,19-;17-;16-/m0000/s1. The first kappa shape index (κ1) is 89.9. The van der Waals surface area contributed by atoms with Crippen molar-refractivity contribution in [3.05, 3.63) is 302 Å². The first-order valence-corrected chi connectivity index (χ1v) is 45.0. The third-order valence-electron chi connectivity index (χ3n) is 22.2. The minimum atomic E-state index is -1.03. The van der Waals surface area contributed by atoms with Gasteiger partial charge in [-0.1, -0.05) is 95.5 Å². The lowest BCUT2D eigenvalue weighted by molar-refractivity contribution is -0.132. The summed E-state index contributed by atoms with van der Waals surface area (Å²) < 4.78 is 21.2. The second-order valence-electron chi connectivity index (χ2n) is 31.0. The largest absolute Gasteiger partial charge is 0.343 e. The summed E-state index contributed by atoms with van der Waals surface area (Å²) in [6.07, 6.45) is 3.42. The minimum absolute atomic E-state index is 0.0225. The van der Waals surface area contributed by atoms with E-state index in [9.17, 15) is 23.6 Å². The van der Waals surface area contributed by atoms with Gasteiger partial charge in [-0.3, -0.25) is 57.4 Å². The van der Waals surface area contributed by atoms with Crippen LogP contribution in [0.2, 0.25) is 15.1 Å². The van der Waals surface area contributed by atoms with E-state index >= 15 is 0 Å². The molecule has 34 heteroatoms. The summed E-state index contributed by atoms with van der Waals surface area (Å²) in [6.45, 7) is 59.6. The highest BCUT2D eigenvalue weighted by molar-refractivity contribution is 7.16. The maximum atomic E-state index is 13.3. The SMILES string of the molecule is [C-]#[N+]Cc1sc2c(c1C)C(c1ccc(Cl)cc1)=N[C@@H](CC(=O)CCC(C)F)c1nnc(C)n1-2.[C-]#[N+]Cc1sc2c(c1C)C(c1ccc(Cl)cc1)=N[C@@H](CC(=O)N1CCCCC1)c1nnc(C)n1-2.[C-]#[N+]Cc1sc2c(c1C)C(c1ccc(Cl)cc1)=N[C@@H](CC(C)=O)c1nnc(C)n1-2.[C-]#[N+]Cc1sc2c(c1C)C(c1ccc([N+]#[C-])cc1)=N[C@@H](CC(C)=O)c1nnc(C)n1-2. The molecule has 8 aromatic heterocycles. The molecule has 0 spiro atoms. The van der Waals surface area contributed by atoms with E-state index in [1.54, 1.807) is 72.1 Å². The number of likely N-dealkylation sites (tertiary alicyclic amines) is 1. The average molecular weight is 1820 g/mol.